The van der Waals surface area contributed by atoms with E-state index >= 15 is 0 Å². The summed E-state index contributed by atoms with van der Waals surface area (Å²) < 4.78 is 46.7. The number of aryl methyl sites for hydroxylation is 1. The van der Waals surface area contributed by atoms with Crippen LogP contribution in [0.1, 0.15) is 26.8 Å². The maximum atomic E-state index is 13.4. The van der Waals surface area contributed by atoms with E-state index < -0.39 is 23.6 Å². The maximum Gasteiger partial charge on any atom is 0.416 e. The number of hydrogen-bond acceptors (Lipinski definition) is 9. The molecule has 10 nitrogen and oxygen atoms in total. The van der Waals surface area contributed by atoms with Gasteiger partial charge in [-0.15, -0.1) is 20.4 Å². The Hall–Kier alpha value is -3.98. The first-order chi connectivity index (χ1) is 18.1. The largest absolute Gasteiger partial charge is 0.497 e. The molecule has 0 fully saturated rings. The second-order valence-corrected chi connectivity index (χ2v) is 9.78. The Balaban J connectivity index is 1.57. The number of benzene rings is 2. The quantitative estimate of drug-likeness (QED) is 0.292. The Labute approximate surface area is 222 Å². The normalized spacial score (nSPS) is 11.3. The second kappa shape index (κ2) is 11.6. The van der Waals surface area contributed by atoms with E-state index in [0.717, 1.165) is 23.9 Å². The summed E-state index contributed by atoms with van der Waals surface area (Å²) in [4.78, 5) is 25.1. The van der Waals surface area contributed by atoms with Crippen LogP contribution in [0.25, 0.3) is 5.69 Å². The third-order valence-electron chi connectivity index (χ3n) is 4.98. The molecular formula is C23H20F3N7O3S2. The van der Waals surface area contributed by atoms with Crippen molar-refractivity contribution in [1.82, 2.24) is 30.3 Å². The van der Waals surface area contributed by atoms with E-state index in [1.807, 2.05) is 0 Å². The molecule has 4 rings (SSSR count). The van der Waals surface area contributed by atoms with Gasteiger partial charge in [0.2, 0.25) is 11.0 Å². The highest BCUT2D eigenvalue weighted by Crippen LogP contribution is 2.32. The molecule has 0 atom stereocenters. The first-order valence-electron chi connectivity index (χ1n) is 10.9. The van der Waals surface area contributed by atoms with Crippen molar-refractivity contribution in [2.75, 3.05) is 18.2 Å². The minimum absolute atomic E-state index is 0.119. The first-order valence-corrected chi connectivity index (χ1v) is 12.7. The monoisotopic (exact) mass is 563 g/mol. The van der Waals surface area contributed by atoms with Crippen molar-refractivity contribution >= 4 is 40.0 Å². The number of nitrogens with zero attached hydrogens (tertiary/aromatic N) is 5. The van der Waals surface area contributed by atoms with Crippen molar-refractivity contribution in [3.8, 4) is 11.4 Å². The van der Waals surface area contributed by atoms with E-state index in [1.54, 1.807) is 31.2 Å². The van der Waals surface area contributed by atoms with Crippen LogP contribution in [-0.2, 0) is 17.5 Å². The third kappa shape index (κ3) is 6.66. The van der Waals surface area contributed by atoms with Gasteiger partial charge in [0, 0.05) is 5.56 Å². The molecule has 4 aromatic rings. The van der Waals surface area contributed by atoms with Crippen LogP contribution in [0.15, 0.2) is 53.7 Å². The molecule has 15 heteroatoms. The first kappa shape index (κ1) is 27.1. The standard InChI is InChI=1S/C23H20F3N7O3S2/c1-13-29-31-21(38-13)28-19(34)12-37-22-32-30-18(11-27-20(35)14-5-3-8-17(9-14)36-2)33(22)16-7-4-6-15(10-16)23(24,25)26/h3-10H,11-12H2,1-2H3,(H,27,35)(H,28,31,34). The highest BCUT2D eigenvalue weighted by molar-refractivity contribution is 7.99. The summed E-state index contributed by atoms with van der Waals surface area (Å²) in [6, 6.07) is 11.1. The molecule has 0 aliphatic carbocycles. The van der Waals surface area contributed by atoms with Crippen molar-refractivity contribution in [2.45, 2.75) is 24.8 Å². The lowest BCUT2D eigenvalue weighted by Gasteiger charge is -2.13. The molecule has 38 heavy (non-hydrogen) atoms. The van der Waals surface area contributed by atoms with Crippen molar-refractivity contribution in [2.24, 2.45) is 0 Å². The van der Waals surface area contributed by atoms with Crippen LogP contribution >= 0.6 is 23.1 Å². The summed E-state index contributed by atoms with van der Waals surface area (Å²) >= 11 is 2.17. The maximum absolute atomic E-state index is 13.4. The van der Waals surface area contributed by atoms with Gasteiger partial charge in [-0.2, -0.15) is 13.2 Å². The van der Waals surface area contributed by atoms with Gasteiger partial charge < -0.3 is 10.1 Å². The van der Waals surface area contributed by atoms with Gasteiger partial charge in [0.05, 0.1) is 30.7 Å². The number of carbonyl (C=O) groups excluding carboxylic acids is 2. The predicted molar refractivity (Wildman–Crippen MR) is 135 cm³/mol. The van der Waals surface area contributed by atoms with Gasteiger partial charge >= 0.3 is 6.18 Å². The molecule has 2 aromatic carbocycles. The van der Waals surface area contributed by atoms with Gasteiger partial charge in [-0.3, -0.25) is 19.5 Å². The summed E-state index contributed by atoms with van der Waals surface area (Å²) in [5.74, 6) is -0.305. The second-order valence-electron chi connectivity index (χ2n) is 7.66. The van der Waals surface area contributed by atoms with Crippen molar-refractivity contribution in [1.29, 1.82) is 0 Å². The fraction of sp³-hybridized carbons (Fsp3) is 0.217. The molecule has 0 bridgehead atoms. The lowest BCUT2D eigenvalue weighted by Crippen LogP contribution is -2.24. The molecule has 0 aliphatic heterocycles. The van der Waals surface area contributed by atoms with Crippen molar-refractivity contribution in [3.05, 3.63) is 70.5 Å². The minimum Gasteiger partial charge on any atom is -0.497 e. The Morgan fingerprint density at radius 1 is 1.08 bits per heavy atom. The van der Waals surface area contributed by atoms with Crippen LogP contribution in [0.4, 0.5) is 18.3 Å². The van der Waals surface area contributed by atoms with Crippen LogP contribution in [0.3, 0.4) is 0 Å². The van der Waals surface area contributed by atoms with Crippen LogP contribution in [0.2, 0.25) is 0 Å². The molecule has 0 spiro atoms. The van der Waals surface area contributed by atoms with E-state index in [9.17, 15) is 22.8 Å². The SMILES string of the molecule is COc1cccc(C(=O)NCc2nnc(SCC(=O)Nc3nnc(C)s3)n2-c2cccc(C(F)(F)F)c2)c1. The number of amides is 2. The summed E-state index contributed by atoms with van der Waals surface area (Å²) in [7, 11) is 1.48. The number of aromatic nitrogens is 5. The number of hydrogen-bond donors (Lipinski definition) is 2. The minimum atomic E-state index is -4.57. The molecule has 2 aromatic heterocycles. The molecule has 0 radical (unpaired) electrons. The van der Waals surface area contributed by atoms with Crippen molar-refractivity contribution in [3.63, 3.8) is 0 Å². The van der Waals surface area contributed by atoms with Crippen LogP contribution in [0, 0.1) is 6.92 Å². The zero-order valence-electron chi connectivity index (χ0n) is 19.9. The molecule has 0 saturated carbocycles. The zero-order chi connectivity index (χ0) is 27.3. The van der Waals surface area contributed by atoms with Crippen LogP contribution in [-0.4, -0.2) is 49.6 Å². The van der Waals surface area contributed by atoms with Gasteiger partial charge in [-0.1, -0.05) is 35.2 Å². The number of halogens is 3. The smallest absolute Gasteiger partial charge is 0.416 e. The van der Waals surface area contributed by atoms with E-state index in [0.29, 0.717) is 21.5 Å². The number of rotatable bonds is 9. The van der Waals surface area contributed by atoms with E-state index in [2.05, 4.69) is 31.0 Å². The topological polar surface area (TPSA) is 124 Å². The van der Waals surface area contributed by atoms with Crippen LogP contribution in [0.5, 0.6) is 5.75 Å². The molecule has 0 saturated heterocycles. The number of ether oxygens (including phenoxy) is 1. The van der Waals surface area contributed by atoms with Gasteiger partial charge in [0.15, 0.2) is 11.0 Å². The molecule has 2 N–H and O–H groups in total. The number of thioether (sulfide) groups is 1. The fourth-order valence-electron chi connectivity index (χ4n) is 3.25. The predicted octanol–water partition coefficient (Wildman–Crippen LogP) is 4.12. The molecular weight excluding hydrogens is 543 g/mol. The van der Waals surface area contributed by atoms with Gasteiger partial charge in [0.1, 0.15) is 10.8 Å². The van der Waals surface area contributed by atoms with Crippen molar-refractivity contribution < 1.29 is 27.5 Å². The highest BCUT2D eigenvalue weighted by Gasteiger charge is 2.31. The Morgan fingerprint density at radius 2 is 1.87 bits per heavy atom. The lowest BCUT2D eigenvalue weighted by molar-refractivity contribution is -0.137. The molecule has 198 valence electrons. The van der Waals surface area contributed by atoms with Gasteiger partial charge in [-0.25, -0.2) is 0 Å². The molecule has 0 unspecified atom stereocenters. The average molecular weight is 564 g/mol. The number of nitrogens with one attached hydrogen (secondary N) is 2. The van der Waals surface area contributed by atoms with E-state index in [1.165, 1.54) is 35.1 Å². The number of alkyl halides is 3. The summed E-state index contributed by atoms with van der Waals surface area (Å²) in [6.45, 7) is 1.60. The van der Waals surface area contributed by atoms with Gasteiger partial charge in [-0.05, 0) is 43.3 Å². The number of methoxy groups -OCH3 is 1. The summed E-state index contributed by atoms with van der Waals surface area (Å²) in [6.07, 6.45) is -4.57. The zero-order valence-corrected chi connectivity index (χ0v) is 21.6. The number of anilines is 1. The molecule has 2 heterocycles. The van der Waals surface area contributed by atoms with Crippen LogP contribution < -0.4 is 15.4 Å². The molecule has 2 amide bonds. The fourth-order valence-corrected chi connectivity index (χ4v) is 4.63. The van der Waals surface area contributed by atoms with E-state index in [4.69, 9.17) is 4.74 Å². The Morgan fingerprint density at radius 3 is 2.58 bits per heavy atom. The Kier molecular flexibility index (Phi) is 8.26. The highest BCUT2D eigenvalue weighted by atomic mass is 32.2. The molecule has 0 aliphatic rings. The summed E-state index contributed by atoms with van der Waals surface area (Å²) in [5, 5.41) is 22.3. The summed E-state index contributed by atoms with van der Waals surface area (Å²) in [5.41, 5.74) is -0.416. The number of carbonyl (C=O) groups is 2. The third-order valence-corrected chi connectivity index (χ3v) is 6.66. The van der Waals surface area contributed by atoms with Gasteiger partial charge in [0.25, 0.3) is 5.91 Å². The lowest BCUT2D eigenvalue weighted by atomic mass is 10.2. The Bertz CT molecular complexity index is 1460. The average Bonchev–Trinajstić information content (AvgIpc) is 3.50. The van der Waals surface area contributed by atoms with E-state index in [-0.39, 0.29) is 29.0 Å².